The van der Waals surface area contributed by atoms with Crippen LogP contribution in [0.15, 0.2) is 10.7 Å². The molecule has 1 aliphatic heterocycles. The Labute approximate surface area is 110 Å². The molecule has 0 amide bonds. The van der Waals surface area contributed by atoms with Crippen LogP contribution in [-0.2, 0) is 0 Å². The molecule has 2 N–H and O–H groups in total. The second kappa shape index (κ2) is 4.42. The Morgan fingerprint density at radius 2 is 2.06 bits per heavy atom. The monoisotopic (exact) mass is 299 g/mol. The smallest absolute Gasteiger partial charge is 0.228 e. The van der Waals surface area contributed by atoms with Crippen LogP contribution in [0.25, 0.3) is 0 Å². The summed E-state index contributed by atoms with van der Waals surface area (Å²) in [5.74, 6) is 1.21. The Hall–Kier alpha value is -0.880. The number of hydrogen-bond acceptors (Lipinski definition) is 5. The highest BCUT2D eigenvalue weighted by Gasteiger charge is 2.32. The van der Waals surface area contributed by atoms with Crippen molar-refractivity contribution in [2.24, 2.45) is 0 Å². The molecular formula is C11H18BrN5. The zero-order valence-corrected chi connectivity index (χ0v) is 12.0. The van der Waals surface area contributed by atoms with Crippen molar-refractivity contribution in [3.8, 4) is 0 Å². The van der Waals surface area contributed by atoms with Gasteiger partial charge in [-0.3, -0.25) is 4.90 Å². The van der Waals surface area contributed by atoms with Gasteiger partial charge in [-0.1, -0.05) is 0 Å². The fraction of sp³-hybridized carbons (Fsp3) is 0.636. The highest BCUT2D eigenvalue weighted by molar-refractivity contribution is 9.10. The van der Waals surface area contributed by atoms with E-state index in [9.17, 15) is 0 Å². The van der Waals surface area contributed by atoms with Crippen LogP contribution in [-0.4, -0.2) is 47.1 Å². The van der Waals surface area contributed by atoms with Gasteiger partial charge in [0, 0.05) is 31.2 Å². The predicted octanol–water partition coefficient (Wildman–Crippen LogP) is 1.35. The summed E-state index contributed by atoms with van der Waals surface area (Å²) in [7, 11) is 2.15. The molecule has 0 aliphatic carbocycles. The lowest BCUT2D eigenvalue weighted by Gasteiger charge is -2.45. The summed E-state index contributed by atoms with van der Waals surface area (Å²) in [4.78, 5) is 13.2. The molecule has 5 nitrogen and oxygen atoms in total. The molecule has 2 heterocycles. The maximum Gasteiger partial charge on any atom is 0.228 e. The van der Waals surface area contributed by atoms with Gasteiger partial charge < -0.3 is 10.6 Å². The predicted molar refractivity (Wildman–Crippen MR) is 73.1 cm³/mol. The van der Waals surface area contributed by atoms with Gasteiger partial charge in [-0.2, -0.15) is 4.98 Å². The number of nitrogens with zero attached hydrogens (tertiary/aromatic N) is 4. The fourth-order valence-electron chi connectivity index (χ4n) is 1.97. The number of anilines is 2. The summed E-state index contributed by atoms with van der Waals surface area (Å²) >= 11 is 3.35. The topological polar surface area (TPSA) is 58.3 Å². The second-order valence-corrected chi connectivity index (χ2v) is 5.88. The van der Waals surface area contributed by atoms with E-state index in [-0.39, 0.29) is 5.54 Å². The quantitative estimate of drug-likeness (QED) is 0.793. The van der Waals surface area contributed by atoms with E-state index in [4.69, 9.17) is 5.73 Å². The van der Waals surface area contributed by atoms with Crippen molar-refractivity contribution in [1.29, 1.82) is 0 Å². The van der Waals surface area contributed by atoms with E-state index < -0.39 is 0 Å². The highest BCUT2D eigenvalue weighted by atomic mass is 79.9. The molecule has 1 saturated heterocycles. The van der Waals surface area contributed by atoms with Gasteiger partial charge >= 0.3 is 0 Å². The lowest BCUT2D eigenvalue weighted by Crippen LogP contribution is -2.58. The summed E-state index contributed by atoms with van der Waals surface area (Å²) in [5.41, 5.74) is 5.87. The van der Waals surface area contributed by atoms with Crippen molar-refractivity contribution in [2.45, 2.75) is 19.4 Å². The average molecular weight is 300 g/mol. The van der Waals surface area contributed by atoms with Crippen LogP contribution in [0.1, 0.15) is 13.8 Å². The number of rotatable bonds is 1. The molecule has 1 fully saturated rings. The van der Waals surface area contributed by atoms with Crippen LogP contribution in [0.4, 0.5) is 11.8 Å². The minimum Gasteiger partial charge on any atom is -0.383 e. The van der Waals surface area contributed by atoms with Gasteiger partial charge in [-0.05, 0) is 36.8 Å². The molecule has 0 spiro atoms. The molecule has 0 bridgehead atoms. The molecule has 0 aromatic carbocycles. The second-order valence-electron chi connectivity index (χ2n) is 5.07. The van der Waals surface area contributed by atoms with E-state index in [1.54, 1.807) is 6.07 Å². The lowest BCUT2D eigenvalue weighted by atomic mass is 10.0. The van der Waals surface area contributed by atoms with Crippen molar-refractivity contribution in [3.05, 3.63) is 10.7 Å². The minimum absolute atomic E-state index is 0.124. The van der Waals surface area contributed by atoms with Crippen LogP contribution in [0.2, 0.25) is 0 Å². The van der Waals surface area contributed by atoms with E-state index >= 15 is 0 Å². The molecule has 1 aromatic rings. The number of nitrogen functional groups attached to an aromatic ring is 1. The van der Waals surface area contributed by atoms with E-state index in [0.717, 1.165) is 24.2 Å². The molecule has 94 valence electrons. The van der Waals surface area contributed by atoms with Gasteiger partial charge in [0.25, 0.3) is 0 Å². The molecule has 6 heteroatoms. The third kappa shape index (κ3) is 2.69. The van der Waals surface area contributed by atoms with E-state index in [0.29, 0.717) is 11.8 Å². The molecule has 1 aromatic heterocycles. The van der Waals surface area contributed by atoms with Gasteiger partial charge in [-0.15, -0.1) is 0 Å². The number of halogens is 1. The summed E-state index contributed by atoms with van der Waals surface area (Å²) in [6.07, 6.45) is 0. The van der Waals surface area contributed by atoms with E-state index in [2.05, 4.69) is 56.6 Å². The zero-order chi connectivity index (χ0) is 12.6. The van der Waals surface area contributed by atoms with Crippen LogP contribution in [0, 0.1) is 0 Å². The summed E-state index contributed by atoms with van der Waals surface area (Å²) in [5, 5.41) is 0. The number of aromatic nitrogens is 2. The maximum absolute atomic E-state index is 5.74. The first-order valence-electron chi connectivity index (χ1n) is 5.65. The molecular weight excluding hydrogens is 282 g/mol. The summed E-state index contributed by atoms with van der Waals surface area (Å²) in [6.45, 7) is 7.28. The summed E-state index contributed by atoms with van der Waals surface area (Å²) < 4.78 is 0.733. The molecule has 0 saturated carbocycles. The molecule has 17 heavy (non-hydrogen) atoms. The van der Waals surface area contributed by atoms with Gasteiger partial charge in [0.1, 0.15) is 10.4 Å². The van der Waals surface area contributed by atoms with Gasteiger partial charge in [0.2, 0.25) is 5.95 Å². The van der Waals surface area contributed by atoms with Crippen LogP contribution in [0.3, 0.4) is 0 Å². The van der Waals surface area contributed by atoms with Gasteiger partial charge in [0.15, 0.2) is 0 Å². The standard InChI is InChI=1S/C11H18BrN5/c1-11(2)7-17(5-4-16(11)3)10-14-8(12)6-9(13)15-10/h6H,4-5,7H2,1-3H3,(H2,13,14,15). The first-order valence-corrected chi connectivity index (χ1v) is 6.44. The van der Waals surface area contributed by atoms with Crippen LogP contribution >= 0.6 is 15.9 Å². The van der Waals surface area contributed by atoms with Crippen molar-refractivity contribution in [2.75, 3.05) is 37.3 Å². The van der Waals surface area contributed by atoms with Crippen LogP contribution in [0.5, 0.6) is 0 Å². The number of nitrogens with two attached hydrogens (primary N) is 1. The van der Waals surface area contributed by atoms with E-state index in [1.807, 2.05) is 0 Å². The number of piperazine rings is 1. The molecule has 0 unspecified atom stereocenters. The third-order valence-corrected chi connectivity index (χ3v) is 3.71. The van der Waals surface area contributed by atoms with E-state index in [1.165, 1.54) is 0 Å². The first kappa shape index (κ1) is 12.6. The van der Waals surface area contributed by atoms with Crippen molar-refractivity contribution < 1.29 is 0 Å². The molecule has 2 rings (SSSR count). The molecule has 0 atom stereocenters. The van der Waals surface area contributed by atoms with Gasteiger partial charge in [-0.25, -0.2) is 4.98 Å². The normalized spacial score (nSPS) is 20.6. The Balaban J connectivity index is 2.23. The Morgan fingerprint density at radius 1 is 1.35 bits per heavy atom. The van der Waals surface area contributed by atoms with Gasteiger partial charge in [0.05, 0.1) is 0 Å². The SMILES string of the molecule is CN1CCN(c2nc(N)cc(Br)n2)CC1(C)C. The Bertz CT molecular complexity index is 400. The Kier molecular flexibility index (Phi) is 3.27. The molecule has 1 aliphatic rings. The van der Waals surface area contributed by atoms with Crippen molar-refractivity contribution >= 4 is 27.7 Å². The molecule has 0 radical (unpaired) electrons. The lowest BCUT2D eigenvalue weighted by molar-refractivity contribution is 0.138. The zero-order valence-electron chi connectivity index (χ0n) is 10.4. The number of hydrogen-bond donors (Lipinski definition) is 1. The fourth-order valence-corrected chi connectivity index (χ4v) is 2.37. The number of likely N-dealkylation sites (N-methyl/N-ethyl adjacent to an activating group) is 1. The van der Waals surface area contributed by atoms with Crippen LogP contribution < -0.4 is 10.6 Å². The van der Waals surface area contributed by atoms with Crippen molar-refractivity contribution in [3.63, 3.8) is 0 Å². The third-order valence-electron chi connectivity index (χ3n) is 3.30. The first-order chi connectivity index (χ1) is 7.88. The summed E-state index contributed by atoms with van der Waals surface area (Å²) in [6, 6.07) is 1.71. The highest BCUT2D eigenvalue weighted by Crippen LogP contribution is 2.23. The maximum atomic E-state index is 5.74. The largest absolute Gasteiger partial charge is 0.383 e. The van der Waals surface area contributed by atoms with Crippen molar-refractivity contribution in [1.82, 2.24) is 14.9 Å². The average Bonchev–Trinajstić information content (AvgIpc) is 2.20. The Morgan fingerprint density at radius 3 is 2.65 bits per heavy atom. The minimum atomic E-state index is 0.124.